The van der Waals surface area contributed by atoms with Gasteiger partial charge in [-0.05, 0) is 38.0 Å². The van der Waals surface area contributed by atoms with Crippen LogP contribution < -0.4 is 10.5 Å². The van der Waals surface area contributed by atoms with Gasteiger partial charge in [-0.15, -0.1) is 0 Å². The van der Waals surface area contributed by atoms with E-state index in [1.54, 1.807) is 12.1 Å². The third-order valence-electron chi connectivity index (χ3n) is 3.78. The summed E-state index contributed by atoms with van der Waals surface area (Å²) in [5, 5.41) is 7.98. The predicted molar refractivity (Wildman–Crippen MR) is 77.9 cm³/mol. The van der Waals surface area contributed by atoms with Crippen LogP contribution >= 0.6 is 0 Å². The number of rotatable bonds is 4. The van der Waals surface area contributed by atoms with Gasteiger partial charge >= 0.3 is 0 Å². The largest absolute Gasteiger partial charge is 0.378 e. The molecule has 3 atom stereocenters. The van der Waals surface area contributed by atoms with Crippen molar-refractivity contribution in [2.75, 3.05) is 6.61 Å². The third-order valence-corrected chi connectivity index (χ3v) is 4.71. The molecule has 1 aromatic rings. The molecule has 1 fully saturated rings. The van der Waals surface area contributed by atoms with Crippen molar-refractivity contribution in [2.45, 2.75) is 37.3 Å². The molecule has 6 nitrogen and oxygen atoms in total. The number of carbonyl (C=O) groups is 1. The number of hydrogen-bond donors (Lipinski definition) is 2. The Balaban J connectivity index is 2.03. The highest BCUT2D eigenvalue weighted by molar-refractivity contribution is 7.89. The number of carbonyl (C=O) groups excluding carboxylic acids is 1. The first kappa shape index (κ1) is 15.9. The van der Waals surface area contributed by atoms with Crippen molar-refractivity contribution < 1.29 is 17.9 Å². The second kappa shape index (κ2) is 6.13. The van der Waals surface area contributed by atoms with E-state index >= 15 is 0 Å². The SMILES string of the molecule is CC(NC(=O)C1CCOC1C)c1ccc(S(N)(=O)=O)cc1. The molecule has 0 spiro atoms. The third kappa shape index (κ3) is 3.81. The van der Waals surface area contributed by atoms with Crippen LogP contribution in [-0.4, -0.2) is 27.0 Å². The predicted octanol–water partition coefficient (Wildman–Crippen LogP) is 0.936. The zero-order chi connectivity index (χ0) is 15.6. The quantitative estimate of drug-likeness (QED) is 0.864. The number of sulfonamides is 1. The van der Waals surface area contributed by atoms with Crippen molar-refractivity contribution in [1.29, 1.82) is 0 Å². The van der Waals surface area contributed by atoms with Crippen LogP contribution in [0.4, 0.5) is 0 Å². The van der Waals surface area contributed by atoms with Crippen LogP contribution in [-0.2, 0) is 19.6 Å². The number of benzene rings is 1. The lowest BCUT2D eigenvalue weighted by Gasteiger charge is -2.19. The number of nitrogens with two attached hydrogens (primary N) is 1. The summed E-state index contributed by atoms with van der Waals surface area (Å²) in [6.45, 7) is 4.35. The maximum Gasteiger partial charge on any atom is 0.238 e. The number of ether oxygens (including phenoxy) is 1. The molecule has 1 amide bonds. The fourth-order valence-electron chi connectivity index (χ4n) is 2.43. The van der Waals surface area contributed by atoms with Crippen molar-refractivity contribution in [3.8, 4) is 0 Å². The van der Waals surface area contributed by atoms with E-state index in [2.05, 4.69) is 5.32 Å². The monoisotopic (exact) mass is 312 g/mol. The fourth-order valence-corrected chi connectivity index (χ4v) is 2.94. The van der Waals surface area contributed by atoms with Gasteiger partial charge in [-0.3, -0.25) is 4.79 Å². The molecule has 1 saturated heterocycles. The van der Waals surface area contributed by atoms with Crippen LogP contribution in [0.3, 0.4) is 0 Å². The average molecular weight is 312 g/mol. The van der Waals surface area contributed by atoms with Gasteiger partial charge in [0.25, 0.3) is 0 Å². The minimum absolute atomic E-state index is 0.0389. The molecule has 1 aliphatic heterocycles. The van der Waals surface area contributed by atoms with Crippen molar-refractivity contribution in [2.24, 2.45) is 11.1 Å². The van der Waals surface area contributed by atoms with E-state index in [0.29, 0.717) is 6.61 Å². The highest BCUT2D eigenvalue weighted by Gasteiger charge is 2.31. The van der Waals surface area contributed by atoms with E-state index in [1.807, 2.05) is 13.8 Å². The summed E-state index contributed by atoms with van der Waals surface area (Å²) < 4.78 is 27.8. The van der Waals surface area contributed by atoms with Crippen molar-refractivity contribution in [3.63, 3.8) is 0 Å². The van der Waals surface area contributed by atoms with Crippen LogP contribution in [0.5, 0.6) is 0 Å². The molecule has 0 bridgehead atoms. The van der Waals surface area contributed by atoms with Gasteiger partial charge in [-0.2, -0.15) is 0 Å². The zero-order valence-corrected chi connectivity index (χ0v) is 12.9. The molecule has 1 heterocycles. The van der Waals surface area contributed by atoms with E-state index in [1.165, 1.54) is 12.1 Å². The first-order chi connectivity index (χ1) is 9.79. The molecule has 7 heteroatoms. The molecule has 3 N–H and O–H groups in total. The number of primary sulfonamides is 1. The summed E-state index contributed by atoms with van der Waals surface area (Å²) in [7, 11) is -3.69. The van der Waals surface area contributed by atoms with Gasteiger partial charge in [-0.1, -0.05) is 12.1 Å². The summed E-state index contributed by atoms with van der Waals surface area (Å²) in [5.41, 5.74) is 0.822. The highest BCUT2D eigenvalue weighted by Crippen LogP contribution is 2.22. The highest BCUT2D eigenvalue weighted by atomic mass is 32.2. The molecule has 0 radical (unpaired) electrons. The Labute approximate surface area is 124 Å². The Hall–Kier alpha value is -1.44. The number of nitrogens with one attached hydrogen (secondary N) is 1. The Morgan fingerprint density at radius 3 is 2.48 bits per heavy atom. The molecule has 2 rings (SSSR count). The second-order valence-electron chi connectivity index (χ2n) is 5.32. The van der Waals surface area contributed by atoms with Crippen LogP contribution in [0.1, 0.15) is 31.9 Å². The molecule has 1 aliphatic rings. The Kier molecular flexibility index (Phi) is 4.65. The molecule has 3 unspecified atom stereocenters. The van der Waals surface area contributed by atoms with Crippen molar-refractivity contribution in [1.82, 2.24) is 5.32 Å². The molecule has 0 aromatic heterocycles. The van der Waals surface area contributed by atoms with Gasteiger partial charge in [0, 0.05) is 6.61 Å². The van der Waals surface area contributed by atoms with Gasteiger partial charge in [-0.25, -0.2) is 13.6 Å². The van der Waals surface area contributed by atoms with E-state index in [9.17, 15) is 13.2 Å². The molecular formula is C14H20N2O4S. The number of hydrogen-bond acceptors (Lipinski definition) is 4. The van der Waals surface area contributed by atoms with Crippen LogP contribution in [0.2, 0.25) is 0 Å². The van der Waals surface area contributed by atoms with Crippen molar-refractivity contribution >= 4 is 15.9 Å². The van der Waals surface area contributed by atoms with Crippen LogP contribution in [0.15, 0.2) is 29.2 Å². The van der Waals surface area contributed by atoms with Gasteiger partial charge < -0.3 is 10.1 Å². The average Bonchev–Trinajstić information content (AvgIpc) is 2.84. The van der Waals surface area contributed by atoms with Gasteiger partial charge in [0.15, 0.2) is 0 Å². The Morgan fingerprint density at radius 2 is 2.00 bits per heavy atom. The molecule has 1 aromatic carbocycles. The van der Waals surface area contributed by atoms with Crippen LogP contribution in [0.25, 0.3) is 0 Å². The van der Waals surface area contributed by atoms with E-state index < -0.39 is 10.0 Å². The minimum Gasteiger partial charge on any atom is -0.378 e. The van der Waals surface area contributed by atoms with Gasteiger partial charge in [0.2, 0.25) is 15.9 Å². The lowest BCUT2D eigenvalue weighted by molar-refractivity contribution is -0.127. The minimum atomic E-state index is -3.69. The van der Waals surface area contributed by atoms with E-state index in [4.69, 9.17) is 9.88 Å². The molecule has 0 aliphatic carbocycles. The second-order valence-corrected chi connectivity index (χ2v) is 6.88. The molecule has 116 valence electrons. The molecule has 21 heavy (non-hydrogen) atoms. The smallest absolute Gasteiger partial charge is 0.238 e. The summed E-state index contributed by atoms with van der Waals surface area (Å²) >= 11 is 0. The lowest BCUT2D eigenvalue weighted by atomic mass is 10.0. The standard InChI is InChI=1S/C14H20N2O4S/c1-9(16-14(17)13-7-8-20-10(13)2)11-3-5-12(6-4-11)21(15,18)19/h3-6,9-10,13H,7-8H2,1-2H3,(H,16,17)(H2,15,18,19). The Morgan fingerprint density at radius 1 is 1.38 bits per heavy atom. The van der Waals surface area contributed by atoms with Crippen molar-refractivity contribution in [3.05, 3.63) is 29.8 Å². The summed E-state index contributed by atoms with van der Waals surface area (Å²) in [4.78, 5) is 12.2. The van der Waals surface area contributed by atoms with Gasteiger partial charge in [0.05, 0.1) is 23.0 Å². The topological polar surface area (TPSA) is 98.5 Å². The first-order valence-corrected chi connectivity index (χ1v) is 8.38. The van der Waals surface area contributed by atoms with E-state index in [-0.39, 0.29) is 28.9 Å². The lowest BCUT2D eigenvalue weighted by Crippen LogP contribution is -2.35. The molecular weight excluding hydrogens is 292 g/mol. The summed E-state index contributed by atoms with van der Waals surface area (Å²) in [5.74, 6) is -0.167. The normalized spacial score (nSPS) is 23.8. The Bertz CT molecular complexity index is 612. The maximum atomic E-state index is 12.2. The summed E-state index contributed by atoms with van der Waals surface area (Å²) in [6.07, 6.45) is 0.659. The fraction of sp³-hybridized carbons (Fsp3) is 0.500. The van der Waals surface area contributed by atoms with Crippen LogP contribution in [0, 0.1) is 5.92 Å². The van der Waals surface area contributed by atoms with E-state index in [0.717, 1.165) is 12.0 Å². The van der Waals surface area contributed by atoms with Gasteiger partial charge in [0.1, 0.15) is 0 Å². The first-order valence-electron chi connectivity index (χ1n) is 6.84. The number of amides is 1. The maximum absolute atomic E-state index is 12.2. The molecule has 0 saturated carbocycles. The zero-order valence-electron chi connectivity index (χ0n) is 12.1. The summed E-state index contributed by atoms with van der Waals surface area (Å²) in [6, 6.07) is 5.97.